The fraction of sp³-hybridized carbons (Fsp3) is 0.357. The predicted octanol–water partition coefficient (Wildman–Crippen LogP) is 2.54. The Morgan fingerprint density at radius 1 is 1.39 bits per heavy atom. The molecule has 1 saturated carbocycles. The van der Waals surface area contributed by atoms with Crippen LogP contribution in [0.4, 0.5) is 0 Å². The van der Waals surface area contributed by atoms with E-state index in [1.54, 1.807) is 0 Å². The Kier molecular flexibility index (Phi) is 2.70. The monoisotopic (exact) mass is 243 g/mol. The van der Waals surface area contributed by atoms with E-state index in [-0.39, 0.29) is 5.84 Å². The summed E-state index contributed by atoms with van der Waals surface area (Å²) < 4.78 is 2.27. The van der Waals surface area contributed by atoms with Gasteiger partial charge in [-0.3, -0.25) is 0 Å². The molecule has 0 radical (unpaired) electrons. The average Bonchev–Trinajstić information content (AvgIpc) is 2.75. The Balaban J connectivity index is 1.98. The molecule has 1 heterocycles. The normalized spacial score (nSPS) is 17.0. The highest BCUT2D eigenvalue weighted by Gasteiger charge is 2.18. The molecule has 1 aromatic carbocycles. The van der Waals surface area contributed by atoms with Gasteiger partial charge in [0.05, 0.1) is 0 Å². The molecule has 4 heteroatoms. The first-order valence-electron chi connectivity index (χ1n) is 6.35. The lowest BCUT2D eigenvalue weighted by Crippen LogP contribution is -2.17. The maximum atomic E-state index is 8.73. The van der Waals surface area contributed by atoms with Gasteiger partial charge in [-0.2, -0.15) is 0 Å². The van der Waals surface area contributed by atoms with Crippen molar-refractivity contribution in [1.82, 2.24) is 4.57 Å². The van der Waals surface area contributed by atoms with Gasteiger partial charge in [0.25, 0.3) is 0 Å². The minimum Gasteiger partial charge on any atom is -0.409 e. The largest absolute Gasteiger partial charge is 0.409 e. The zero-order valence-corrected chi connectivity index (χ0v) is 10.2. The molecule has 1 aliphatic rings. The number of oxime groups is 1. The van der Waals surface area contributed by atoms with Crippen LogP contribution in [0.1, 0.15) is 24.8 Å². The van der Waals surface area contributed by atoms with Crippen molar-refractivity contribution in [3.05, 3.63) is 36.0 Å². The van der Waals surface area contributed by atoms with Gasteiger partial charge in [-0.25, -0.2) is 0 Å². The van der Waals surface area contributed by atoms with Crippen molar-refractivity contribution < 1.29 is 5.21 Å². The second-order valence-electron chi connectivity index (χ2n) is 5.02. The molecule has 18 heavy (non-hydrogen) atoms. The molecule has 0 amide bonds. The van der Waals surface area contributed by atoms with Crippen LogP contribution in [0.3, 0.4) is 0 Å². The molecule has 0 aliphatic heterocycles. The SMILES string of the molecule is N/C(=N/O)c1ccc2ccn(CC3CCC3)c2c1. The van der Waals surface area contributed by atoms with Crippen molar-refractivity contribution in [3.63, 3.8) is 0 Å². The molecular formula is C14H17N3O. The Bertz CT molecular complexity index is 596. The van der Waals surface area contributed by atoms with Crippen LogP contribution >= 0.6 is 0 Å². The van der Waals surface area contributed by atoms with Gasteiger partial charge >= 0.3 is 0 Å². The number of rotatable bonds is 3. The summed E-state index contributed by atoms with van der Waals surface area (Å²) in [6, 6.07) is 8.00. The summed E-state index contributed by atoms with van der Waals surface area (Å²) in [7, 11) is 0. The third-order valence-electron chi connectivity index (χ3n) is 3.86. The number of hydrogen-bond donors (Lipinski definition) is 2. The second kappa shape index (κ2) is 4.37. The highest BCUT2D eigenvalue weighted by Crippen LogP contribution is 2.29. The summed E-state index contributed by atoms with van der Waals surface area (Å²) in [5.41, 5.74) is 7.55. The number of fused-ring (bicyclic) bond motifs is 1. The molecule has 0 bridgehead atoms. The first kappa shape index (κ1) is 11.1. The zero-order chi connectivity index (χ0) is 12.5. The summed E-state index contributed by atoms with van der Waals surface area (Å²) in [6.45, 7) is 1.07. The summed E-state index contributed by atoms with van der Waals surface area (Å²) in [6.07, 6.45) is 6.15. The third-order valence-corrected chi connectivity index (χ3v) is 3.86. The number of hydrogen-bond acceptors (Lipinski definition) is 2. The Labute approximate surface area is 106 Å². The summed E-state index contributed by atoms with van der Waals surface area (Å²) in [5, 5.41) is 13.0. The van der Waals surface area contributed by atoms with E-state index in [0.717, 1.165) is 23.5 Å². The van der Waals surface area contributed by atoms with E-state index in [0.29, 0.717) is 0 Å². The minimum absolute atomic E-state index is 0.160. The number of aromatic nitrogens is 1. The van der Waals surface area contributed by atoms with Crippen molar-refractivity contribution in [2.75, 3.05) is 0 Å². The highest BCUT2D eigenvalue weighted by atomic mass is 16.4. The minimum atomic E-state index is 0.160. The Hall–Kier alpha value is -1.97. The van der Waals surface area contributed by atoms with E-state index in [1.807, 2.05) is 18.2 Å². The van der Waals surface area contributed by atoms with E-state index in [2.05, 4.69) is 22.0 Å². The van der Waals surface area contributed by atoms with Gasteiger partial charge in [-0.1, -0.05) is 23.7 Å². The van der Waals surface area contributed by atoms with E-state index in [1.165, 1.54) is 24.6 Å². The molecule has 4 nitrogen and oxygen atoms in total. The van der Waals surface area contributed by atoms with Crippen molar-refractivity contribution in [1.29, 1.82) is 0 Å². The Morgan fingerprint density at radius 2 is 2.22 bits per heavy atom. The zero-order valence-electron chi connectivity index (χ0n) is 10.2. The number of benzene rings is 1. The third kappa shape index (κ3) is 1.83. The lowest BCUT2D eigenvalue weighted by atomic mass is 9.85. The molecule has 0 saturated heterocycles. The number of nitrogens with two attached hydrogens (primary N) is 1. The maximum Gasteiger partial charge on any atom is 0.170 e. The molecule has 0 spiro atoms. The predicted molar refractivity (Wildman–Crippen MR) is 71.8 cm³/mol. The van der Waals surface area contributed by atoms with Crippen LogP contribution in [0.25, 0.3) is 10.9 Å². The molecule has 2 aromatic rings. The van der Waals surface area contributed by atoms with Crippen LogP contribution < -0.4 is 5.73 Å². The van der Waals surface area contributed by atoms with Gasteiger partial charge in [0.2, 0.25) is 0 Å². The van der Waals surface area contributed by atoms with Gasteiger partial charge in [0.1, 0.15) is 0 Å². The summed E-state index contributed by atoms with van der Waals surface area (Å²) >= 11 is 0. The van der Waals surface area contributed by atoms with Crippen LogP contribution in [-0.2, 0) is 6.54 Å². The van der Waals surface area contributed by atoms with Gasteiger partial charge in [-0.05, 0) is 36.3 Å². The van der Waals surface area contributed by atoms with E-state index >= 15 is 0 Å². The van der Waals surface area contributed by atoms with Gasteiger partial charge in [-0.15, -0.1) is 0 Å². The fourth-order valence-electron chi connectivity index (χ4n) is 2.51. The summed E-state index contributed by atoms with van der Waals surface area (Å²) in [4.78, 5) is 0. The Morgan fingerprint density at radius 3 is 2.89 bits per heavy atom. The first-order chi connectivity index (χ1) is 8.78. The van der Waals surface area contributed by atoms with Crippen LogP contribution in [0.5, 0.6) is 0 Å². The van der Waals surface area contributed by atoms with Crippen LogP contribution in [-0.4, -0.2) is 15.6 Å². The number of amidine groups is 1. The maximum absolute atomic E-state index is 8.73. The molecule has 3 rings (SSSR count). The topological polar surface area (TPSA) is 63.5 Å². The van der Waals surface area contributed by atoms with Gasteiger partial charge in [0, 0.05) is 23.8 Å². The highest BCUT2D eigenvalue weighted by molar-refractivity contribution is 6.00. The van der Waals surface area contributed by atoms with Crippen molar-refractivity contribution >= 4 is 16.7 Å². The lowest BCUT2D eigenvalue weighted by Gasteiger charge is -2.26. The second-order valence-corrected chi connectivity index (χ2v) is 5.02. The van der Waals surface area contributed by atoms with Crippen molar-refractivity contribution in [3.8, 4) is 0 Å². The van der Waals surface area contributed by atoms with E-state index in [9.17, 15) is 0 Å². The average molecular weight is 243 g/mol. The molecule has 1 fully saturated rings. The van der Waals surface area contributed by atoms with Crippen LogP contribution in [0.2, 0.25) is 0 Å². The molecular weight excluding hydrogens is 226 g/mol. The number of nitrogens with zero attached hydrogens (tertiary/aromatic N) is 2. The van der Waals surface area contributed by atoms with Crippen molar-refractivity contribution in [2.24, 2.45) is 16.8 Å². The van der Waals surface area contributed by atoms with E-state index in [4.69, 9.17) is 10.9 Å². The first-order valence-corrected chi connectivity index (χ1v) is 6.35. The van der Waals surface area contributed by atoms with Gasteiger partial charge in [0.15, 0.2) is 5.84 Å². The molecule has 1 aliphatic carbocycles. The summed E-state index contributed by atoms with van der Waals surface area (Å²) in [5.74, 6) is 0.974. The fourth-order valence-corrected chi connectivity index (χ4v) is 2.51. The quantitative estimate of drug-likeness (QED) is 0.376. The van der Waals surface area contributed by atoms with Crippen LogP contribution in [0, 0.1) is 5.92 Å². The molecule has 0 unspecified atom stereocenters. The standard InChI is InChI=1S/C14H17N3O/c15-14(16-18)12-5-4-11-6-7-17(13(11)8-12)9-10-2-1-3-10/h4-8,10,18H,1-3,9H2,(H2,15,16). The van der Waals surface area contributed by atoms with Crippen molar-refractivity contribution in [2.45, 2.75) is 25.8 Å². The molecule has 0 atom stereocenters. The molecule has 3 N–H and O–H groups in total. The molecule has 1 aromatic heterocycles. The smallest absolute Gasteiger partial charge is 0.170 e. The van der Waals surface area contributed by atoms with Crippen LogP contribution in [0.15, 0.2) is 35.6 Å². The van der Waals surface area contributed by atoms with E-state index < -0.39 is 0 Å². The molecule has 94 valence electrons. The van der Waals surface area contributed by atoms with Gasteiger partial charge < -0.3 is 15.5 Å². The lowest BCUT2D eigenvalue weighted by molar-refractivity contribution is 0.280.